The third-order valence-electron chi connectivity index (χ3n) is 3.17. The van der Waals surface area contributed by atoms with Crippen molar-refractivity contribution >= 4 is 17.5 Å². The number of carbonyl (C=O) groups is 1. The zero-order valence-corrected chi connectivity index (χ0v) is 13.5. The van der Waals surface area contributed by atoms with Gasteiger partial charge >= 0.3 is 0 Å². The Hall–Kier alpha value is -2.50. The Bertz CT molecular complexity index is 699. The quantitative estimate of drug-likeness (QED) is 0.465. The molecule has 0 fully saturated rings. The van der Waals surface area contributed by atoms with E-state index in [1.807, 2.05) is 72.8 Å². The van der Waals surface area contributed by atoms with Gasteiger partial charge < -0.3 is 4.90 Å². The molecule has 0 saturated carbocycles. The summed E-state index contributed by atoms with van der Waals surface area (Å²) in [5, 5.41) is 0. The average Bonchev–Trinajstić information content (AvgIpc) is 2.61. The molecule has 0 N–H and O–H groups in total. The van der Waals surface area contributed by atoms with Crippen molar-refractivity contribution < 1.29 is 4.79 Å². The number of nitrogens with zero attached hydrogens (tertiary/aromatic N) is 1. The lowest BCUT2D eigenvalue weighted by molar-refractivity contribution is -0.125. The van der Waals surface area contributed by atoms with Gasteiger partial charge in [0.1, 0.15) is 0 Å². The topological polar surface area (TPSA) is 20.3 Å². The first-order chi connectivity index (χ1) is 11.3. The molecular formula is C20H18ClNO. The molecular weight excluding hydrogens is 306 g/mol. The number of amides is 1. The molecule has 0 atom stereocenters. The highest BCUT2D eigenvalue weighted by atomic mass is 35.5. The second-order valence-corrected chi connectivity index (χ2v) is 5.22. The predicted molar refractivity (Wildman–Crippen MR) is 95.0 cm³/mol. The molecule has 0 radical (unpaired) electrons. The monoisotopic (exact) mass is 323 g/mol. The van der Waals surface area contributed by atoms with E-state index in [0.29, 0.717) is 19.0 Å². The van der Waals surface area contributed by atoms with Gasteiger partial charge in [0, 0.05) is 30.5 Å². The molecule has 0 aliphatic heterocycles. The molecule has 23 heavy (non-hydrogen) atoms. The Labute approximate surface area is 142 Å². The molecule has 2 rings (SSSR count). The number of hydrogen-bond donors (Lipinski definition) is 0. The molecule has 0 aliphatic rings. The zero-order chi connectivity index (χ0) is 16.3. The van der Waals surface area contributed by atoms with E-state index < -0.39 is 0 Å². The van der Waals surface area contributed by atoms with E-state index in [4.69, 9.17) is 11.6 Å². The standard InChI is InChI=1S/C20H18ClNO/c21-15-7-8-16-22(17-19-11-5-2-6-12-19)20(23)14-13-18-9-3-1-4-10-18/h1-12H,15-17H2/b8-7+. The van der Waals surface area contributed by atoms with Crippen LogP contribution in [0.25, 0.3) is 0 Å². The summed E-state index contributed by atoms with van der Waals surface area (Å²) in [7, 11) is 0. The van der Waals surface area contributed by atoms with Gasteiger partial charge in [-0.15, -0.1) is 11.6 Å². The molecule has 0 spiro atoms. The molecule has 0 bridgehead atoms. The van der Waals surface area contributed by atoms with Crippen molar-refractivity contribution in [2.24, 2.45) is 0 Å². The van der Waals surface area contributed by atoms with Crippen LogP contribution in [-0.2, 0) is 11.3 Å². The lowest BCUT2D eigenvalue weighted by Gasteiger charge is -2.18. The summed E-state index contributed by atoms with van der Waals surface area (Å²) in [5.41, 5.74) is 1.90. The van der Waals surface area contributed by atoms with Crippen LogP contribution in [-0.4, -0.2) is 23.2 Å². The van der Waals surface area contributed by atoms with Gasteiger partial charge in [0.05, 0.1) is 0 Å². The molecule has 2 nitrogen and oxygen atoms in total. The summed E-state index contributed by atoms with van der Waals surface area (Å²) in [6.45, 7) is 1.01. The first-order valence-electron chi connectivity index (χ1n) is 7.40. The van der Waals surface area contributed by atoms with Crippen LogP contribution in [0.5, 0.6) is 0 Å². The number of alkyl halides is 1. The van der Waals surface area contributed by atoms with Crippen LogP contribution in [0.4, 0.5) is 0 Å². The number of carbonyl (C=O) groups excluding carboxylic acids is 1. The van der Waals surface area contributed by atoms with Crippen LogP contribution >= 0.6 is 11.6 Å². The zero-order valence-electron chi connectivity index (χ0n) is 12.8. The highest BCUT2D eigenvalue weighted by Gasteiger charge is 2.10. The summed E-state index contributed by atoms with van der Waals surface area (Å²) in [4.78, 5) is 14.1. The van der Waals surface area contributed by atoms with Crippen molar-refractivity contribution in [1.29, 1.82) is 0 Å². The van der Waals surface area contributed by atoms with Gasteiger partial charge in [-0.3, -0.25) is 4.79 Å². The van der Waals surface area contributed by atoms with Crippen LogP contribution in [0, 0.1) is 11.8 Å². The lowest BCUT2D eigenvalue weighted by Crippen LogP contribution is -2.29. The minimum absolute atomic E-state index is 0.197. The maximum absolute atomic E-state index is 12.4. The van der Waals surface area contributed by atoms with Crippen LogP contribution in [0.3, 0.4) is 0 Å². The van der Waals surface area contributed by atoms with Crippen LogP contribution in [0.2, 0.25) is 0 Å². The van der Waals surface area contributed by atoms with Gasteiger partial charge in [0.2, 0.25) is 0 Å². The third kappa shape index (κ3) is 6.02. The second-order valence-electron chi connectivity index (χ2n) is 4.91. The SMILES string of the molecule is O=C(C#Cc1ccccc1)N(C/C=C/CCl)Cc1ccccc1. The van der Waals surface area contributed by atoms with E-state index in [1.165, 1.54) is 0 Å². The number of rotatable bonds is 5. The summed E-state index contributed by atoms with van der Waals surface area (Å²) < 4.78 is 0. The highest BCUT2D eigenvalue weighted by molar-refractivity contribution is 6.18. The van der Waals surface area contributed by atoms with Gasteiger partial charge in [-0.1, -0.05) is 66.6 Å². The molecule has 0 saturated heterocycles. The molecule has 116 valence electrons. The van der Waals surface area contributed by atoms with Crippen molar-refractivity contribution in [2.75, 3.05) is 12.4 Å². The van der Waals surface area contributed by atoms with Gasteiger partial charge in [-0.2, -0.15) is 0 Å². The lowest BCUT2D eigenvalue weighted by atomic mass is 10.2. The number of allylic oxidation sites excluding steroid dienone is 1. The fraction of sp³-hybridized carbons (Fsp3) is 0.150. The molecule has 2 aromatic carbocycles. The van der Waals surface area contributed by atoms with Gasteiger partial charge in [0.25, 0.3) is 5.91 Å². The minimum atomic E-state index is -0.197. The van der Waals surface area contributed by atoms with Crippen molar-refractivity contribution in [2.45, 2.75) is 6.54 Å². The maximum atomic E-state index is 12.4. The Morgan fingerprint density at radius 1 is 1.00 bits per heavy atom. The summed E-state index contributed by atoms with van der Waals surface area (Å²) in [6.07, 6.45) is 3.72. The normalized spacial score (nSPS) is 10.1. The molecule has 0 aliphatic carbocycles. The van der Waals surface area contributed by atoms with Crippen LogP contribution in [0.15, 0.2) is 72.8 Å². The third-order valence-corrected chi connectivity index (χ3v) is 3.35. The summed E-state index contributed by atoms with van der Waals surface area (Å²) in [5.74, 6) is 5.86. The first-order valence-corrected chi connectivity index (χ1v) is 7.94. The van der Waals surface area contributed by atoms with E-state index >= 15 is 0 Å². The molecule has 0 heterocycles. The average molecular weight is 324 g/mol. The second kappa shape index (κ2) is 9.50. The van der Waals surface area contributed by atoms with Crippen LogP contribution < -0.4 is 0 Å². The van der Waals surface area contributed by atoms with Crippen molar-refractivity contribution in [1.82, 2.24) is 4.90 Å². The fourth-order valence-corrected chi connectivity index (χ4v) is 2.14. The fourth-order valence-electron chi connectivity index (χ4n) is 2.01. The number of halogens is 1. The molecule has 0 aromatic heterocycles. The largest absolute Gasteiger partial charge is 0.324 e. The summed E-state index contributed by atoms with van der Waals surface area (Å²) in [6, 6.07) is 19.4. The molecule has 3 heteroatoms. The number of hydrogen-bond acceptors (Lipinski definition) is 1. The van der Waals surface area contributed by atoms with Gasteiger partial charge in [0.15, 0.2) is 0 Å². The number of benzene rings is 2. The summed E-state index contributed by atoms with van der Waals surface area (Å²) >= 11 is 5.65. The van der Waals surface area contributed by atoms with Crippen molar-refractivity contribution in [3.05, 3.63) is 83.9 Å². The molecule has 2 aromatic rings. The smallest absolute Gasteiger partial charge is 0.299 e. The van der Waals surface area contributed by atoms with Crippen molar-refractivity contribution in [3.8, 4) is 11.8 Å². The predicted octanol–water partition coefficient (Wildman–Crippen LogP) is 3.86. The van der Waals surface area contributed by atoms with E-state index in [-0.39, 0.29) is 5.91 Å². The van der Waals surface area contributed by atoms with E-state index in [9.17, 15) is 4.79 Å². The van der Waals surface area contributed by atoms with Crippen LogP contribution in [0.1, 0.15) is 11.1 Å². The van der Waals surface area contributed by atoms with Gasteiger partial charge in [-0.25, -0.2) is 0 Å². The van der Waals surface area contributed by atoms with E-state index in [0.717, 1.165) is 11.1 Å². The Morgan fingerprint density at radius 3 is 2.30 bits per heavy atom. The Morgan fingerprint density at radius 2 is 1.65 bits per heavy atom. The van der Waals surface area contributed by atoms with E-state index in [1.54, 1.807) is 4.90 Å². The maximum Gasteiger partial charge on any atom is 0.299 e. The Kier molecular flexibility index (Phi) is 6.97. The van der Waals surface area contributed by atoms with Gasteiger partial charge in [-0.05, 0) is 17.7 Å². The highest BCUT2D eigenvalue weighted by Crippen LogP contribution is 2.05. The first kappa shape index (κ1) is 16.9. The molecule has 0 unspecified atom stereocenters. The Balaban J connectivity index is 2.11. The molecule has 1 amide bonds. The van der Waals surface area contributed by atoms with Crippen molar-refractivity contribution in [3.63, 3.8) is 0 Å². The minimum Gasteiger partial charge on any atom is -0.324 e. The van der Waals surface area contributed by atoms with E-state index in [2.05, 4.69) is 11.8 Å².